The molecule has 0 aromatic heterocycles. The van der Waals surface area contributed by atoms with Crippen LogP contribution >= 0.6 is 0 Å². The van der Waals surface area contributed by atoms with Crippen LogP contribution in [0.5, 0.6) is 0 Å². The van der Waals surface area contributed by atoms with E-state index in [1.165, 1.54) is 18.2 Å². The minimum atomic E-state index is -0.568. The zero-order valence-electron chi connectivity index (χ0n) is 7.43. The average Bonchev–Trinajstić information content (AvgIpc) is 2.52. The van der Waals surface area contributed by atoms with Crippen LogP contribution < -0.4 is 16.6 Å². The smallest absolute Gasteiger partial charge is 0.131 e. The molecule has 0 saturated carbocycles. The largest absolute Gasteiger partial charge is 0.325 e. The summed E-state index contributed by atoms with van der Waals surface area (Å²) in [6.07, 6.45) is 0. The number of hydrazine groups is 1. The Balaban J connectivity index is 2.39. The Bertz CT molecular complexity index is 323. The van der Waals surface area contributed by atoms with Crippen LogP contribution in [-0.2, 0) is 0 Å². The molecule has 1 aliphatic rings. The monoisotopic (exact) mass is 199 g/mol. The van der Waals surface area contributed by atoms with E-state index in [1.807, 2.05) is 0 Å². The Morgan fingerprint density at radius 2 is 1.93 bits per heavy atom. The second kappa shape index (κ2) is 3.61. The third-order valence-corrected chi connectivity index (χ3v) is 2.33. The number of hydrogen-bond acceptors (Lipinski definition) is 3. The maximum absolute atomic E-state index is 13.3. The van der Waals surface area contributed by atoms with Crippen LogP contribution in [0.25, 0.3) is 0 Å². The summed E-state index contributed by atoms with van der Waals surface area (Å²) in [4.78, 5) is 0. The summed E-state index contributed by atoms with van der Waals surface area (Å²) in [6, 6.07) is 2.97. The lowest BCUT2D eigenvalue weighted by atomic mass is 10.0. The lowest BCUT2D eigenvalue weighted by Gasteiger charge is -2.16. The summed E-state index contributed by atoms with van der Waals surface area (Å²) in [6.45, 7) is 0.498. The van der Waals surface area contributed by atoms with Crippen LogP contribution in [0.15, 0.2) is 18.2 Å². The topological polar surface area (TPSA) is 50.1 Å². The molecule has 0 bridgehead atoms. The minimum absolute atomic E-state index is 0.00463. The fourth-order valence-electron chi connectivity index (χ4n) is 1.61. The first-order valence-electron chi connectivity index (χ1n) is 4.38. The number of nitrogens with two attached hydrogens (primary N) is 1. The maximum atomic E-state index is 13.3. The lowest BCUT2D eigenvalue weighted by Crippen LogP contribution is -2.31. The molecule has 4 N–H and O–H groups in total. The van der Waals surface area contributed by atoms with E-state index in [0.29, 0.717) is 6.54 Å². The van der Waals surface area contributed by atoms with E-state index in [1.54, 1.807) is 0 Å². The minimum Gasteiger partial charge on any atom is -0.325 e. The van der Waals surface area contributed by atoms with Gasteiger partial charge in [0.1, 0.15) is 11.6 Å². The van der Waals surface area contributed by atoms with E-state index >= 15 is 0 Å². The number of halogens is 2. The zero-order chi connectivity index (χ0) is 10.1. The Kier molecular flexibility index (Phi) is 2.45. The van der Waals surface area contributed by atoms with Crippen molar-refractivity contribution in [3.63, 3.8) is 0 Å². The molecule has 0 radical (unpaired) electrons. The quantitative estimate of drug-likeness (QED) is 0.615. The molecule has 2 rings (SSSR count). The predicted molar refractivity (Wildman–Crippen MR) is 48.2 cm³/mol. The molecule has 1 saturated heterocycles. The standard InChI is InChI=1S/C9H11F2N3/c10-5-2-1-3-6(11)8(5)9-7(12)4-13-14-9/h1-3,7,9,13-14H,4,12H2. The van der Waals surface area contributed by atoms with Crippen molar-refractivity contribution in [1.82, 2.24) is 10.9 Å². The summed E-state index contributed by atoms with van der Waals surface area (Å²) in [5.74, 6) is -1.14. The van der Waals surface area contributed by atoms with Crippen LogP contribution in [0.1, 0.15) is 11.6 Å². The van der Waals surface area contributed by atoms with Crippen LogP contribution in [-0.4, -0.2) is 12.6 Å². The van der Waals surface area contributed by atoms with E-state index < -0.39 is 17.7 Å². The second-order valence-electron chi connectivity index (χ2n) is 3.30. The van der Waals surface area contributed by atoms with Crippen molar-refractivity contribution < 1.29 is 8.78 Å². The lowest BCUT2D eigenvalue weighted by molar-refractivity contribution is 0.473. The van der Waals surface area contributed by atoms with Crippen molar-refractivity contribution in [3.8, 4) is 0 Å². The molecule has 76 valence electrons. The first kappa shape index (κ1) is 9.51. The molecule has 0 spiro atoms. The van der Waals surface area contributed by atoms with Gasteiger partial charge in [-0.25, -0.2) is 14.2 Å². The van der Waals surface area contributed by atoms with Crippen molar-refractivity contribution in [2.24, 2.45) is 5.73 Å². The molecule has 0 amide bonds. The van der Waals surface area contributed by atoms with Crippen molar-refractivity contribution in [1.29, 1.82) is 0 Å². The van der Waals surface area contributed by atoms with Gasteiger partial charge in [0.15, 0.2) is 0 Å². The molecule has 5 heteroatoms. The van der Waals surface area contributed by atoms with Crippen LogP contribution in [0.2, 0.25) is 0 Å². The van der Waals surface area contributed by atoms with Gasteiger partial charge in [0.2, 0.25) is 0 Å². The van der Waals surface area contributed by atoms with Gasteiger partial charge in [0.05, 0.1) is 6.04 Å². The van der Waals surface area contributed by atoms with Gasteiger partial charge in [0.25, 0.3) is 0 Å². The third kappa shape index (κ3) is 1.50. The van der Waals surface area contributed by atoms with Crippen molar-refractivity contribution >= 4 is 0 Å². The van der Waals surface area contributed by atoms with Gasteiger partial charge in [-0.05, 0) is 12.1 Å². The number of rotatable bonds is 1. The highest BCUT2D eigenvalue weighted by Gasteiger charge is 2.29. The first-order valence-corrected chi connectivity index (χ1v) is 4.38. The summed E-state index contributed by atoms with van der Waals surface area (Å²) in [7, 11) is 0. The fourth-order valence-corrected chi connectivity index (χ4v) is 1.61. The van der Waals surface area contributed by atoms with E-state index in [-0.39, 0.29) is 11.6 Å². The summed E-state index contributed by atoms with van der Waals surface area (Å²) < 4.78 is 26.6. The molecule has 2 unspecified atom stereocenters. The molecule has 2 atom stereocenters. The molecule has 14 heavy (non-hydrogen) atoms. The highest BCUT2D eigenvalue weighted by atomic mass is 19.1. The van der Waals surface area contributed by atoms with Gasteiger partial charge in [-0.1, -0.05) is 6.07 Å². The average molecular weight is 199 g/mol. The Labute approximate surface area is 80.3 Å². The normalized spacial score (nSPS) is 26.8. The highest BCUT2D eigenvalue weighted by Crippen LogP contribution is 2.23. The van der Waals surface area contributed by atoms with Gasteiger partial charge >= 0.3 is 0 Å². The molecule has 1 fully saturated rings. The zero-order valence-corrected chi connectivity index (χ0v) is 7.43. The Morgan fingerprint density at radius 3 is 2.43 bits per heavy atom. The van der Waals surface area contributed by atoms with Gasteiger partial charge in [-0.2, -0.15) is 0 Å². The Morgan fingerprint density at radius 1 is 1.29 bits per heavy atom. The summed E-state index contributed by atoms with van der Waals surface area (Å²) >= 11 is 0. The van der Waals surface area contributed by atoms with Crippen LogP contribution in [0.3, 0.4) is 0 Å². The first-order chi connectivity index (χ1) is 6.70. The van der Waals surface area contributed by atoms with E-state index in [4.69, 9.17) is 5.73 Å². The molecular formula is C9H11F2N3. The molecule has 3 nitrogen and oxygen atoms in total. The van der Waals surface area contributed by atoms with Crippen molar-refractivity contribution in [2.75, 3.05) is 6.54 Å². The number of benzene rings is 1. The summed E-state index contributed by atoms with van der Waals surface area (Å²) in [5.41, 5.74) is 11.2. The SMILES string of the molecule is NC1CNNC1c1c(F)cccc1F. The fraction of sp³-hybridized carbons (Fsp3) is 0.333. The van der Waals surface area contributed by atoms with Gasteiger partial charge in [0, 0.05) is 18.2 Å². The molecule has 1 heterocycles. The molecule has 1 aromatic rings. The van der Waals surface area contributed by atoms with Gasteiger partial charge in [-0.15, -0.1) is 0 Å². The van der Waals surface area contributed by atoms with E-state index in [0.717, 1.165) is 0 Å². The van der Waals surface area contributed by atoms with E-state index in [9.17, 15) is 8.78 Å². The van der Waals surface area contributed by atoms with Crippen LogP contribution in [0, 0.1) is 11.6 Å². The molecule has 0 aliphatic carbocycles. The van der Waals surface area contributed by atoms with Crippen LogP contribution in [0.4, 0.5) is 8.78 Å². The second-order valence-corrected chi connectivity index (χ2v) is 3.30. The number of nitrogens with one attached hydrogen (secondary N) is 2. The maximum Gasteiger partial charge on any atom is 0.131 e. The molecule has 1 aromatic carbocycles. The highest BCUT2D eigenvalue weighted by molar-refractivity contribution is 5.25. The van der Waals surface area contributed by atoms with Crippen molar-refractivity contribution in [3.05, 3.63) is 35.4 Å². The van der Waals surface area contributed by atoms with Gasteiger partial charge < -0.3 is 5.73 Å². The predicted octanol–water partition coefficient (Wildman–Crippen LogP) is 0.441. The van der Waals surface area contributed by atoms with Crippen molar-refractivity contribution in [2.45, 2.75) is 12.1 Å². The molecular weight excluding hydrogens is 188 g/mol. The third-order valence-electron chi connectivity index (χ3n) is 2.33. The number of hydrogen-bond donors (Lipinski definition) is 3. The van der Waals surface area contributed by atoms with Gasteiger partial charge in [-0.3, -0.25) is 5.43 Å². The summed E-state index contributed by atoms with van der Waals surface area (Å²) in [5, 5.41) is 0. The van der Waals surface area contributed by atoms with E-state index in [2.05, 4.69) is 10.9 Å². The Hall–Kier alpha value is -1.04. The molecule has 1 aliphatic heterocycles.